The summed E-state index contributed by atoms with van der Waals surface area (Å²) in [6.07, 6.45) is 6.24. The van der Waals surface area contributed by atoms with Gasteiger partial charge in [-0.2, -0.15) is 0 Å². The Kier molecular flexibility index (Phi) is 4.18. The van der Waals surface area contributed by atoms with E-state index in [1.165, 1.54) is 0 Å². The molecule has 1 aliphatic carbocycles. The van der Waals surface area contributed by atoms with Crippen molar-refractivity contribution in [3.63, 3.8) is 0 Å². The highest BCUT2D eigenvalue weighted by Gasteiger charge is 2.30. The molecule has 2 fully saturated rings. The van der Waals surface area contributed by atoms with Crippen molar-refractivity contribution in [2.75, 3.05) is 13.2 Å². The van der Waals surface area contributed by atoms with Crippen LogP contribution in [0.15, 0.2) is 0 Å². The molecule has 0 aromatic heterocycles. The Hall–Kier alpha value is -0.610. The van der Waals surface area contributed by atoms with Crippen LogP contribution in [0.4, 0.5) is 0 Å². The number of rotatable bonds is 3. The smallest absolute Gasteiger partial charge is 0.310 e. The van der Waals surface area contributed by atoms with Crippen LogP contribution in [0.5, 0.6) is 0 Å². The number of nitrogens with two attached hydrogens (primary N) is 1. The lowest BCUT2D eigenvalue weighted by molar-refractivity contribution is -0.153. The maximum atomic E-state index is 11.8. The highest BCUT2D eigenvalue weighted by molar-refractivity contribution is 5.73. The highest BCUT2D eigenvalue weighted by Crippen LogP contribution is 2.24. The fourth-order valence-corrected chi connectivity index (χ4v) is 2.51. The first-order chi connectivity index (χ1) is 7.77. The van der Waals surface area contributed by atoms with Crippen LogP contribution >= 0.6 is 0 Å². The summed E-state index contributed by atoms with van der Waals surface area (Å²) in [6, 6.07) is -0.00857. The first-order valence-corrected chi connectivity index (χ1v) is 6.31. The third kappa shape index (κ3) is 2.95. The molecule has 4 heteroatoms. The maximum Gasteiger partial charge on any atom is 0.310 e. The van der Waals surface area contributed by atoms with Crippen LogP contribution in [0.2, 0.25) is 0 Å². The predicted octanol–water partition coefficient (Wildman–Crippen LogP) is 1.23. The first-order valence-electron chi connectivity index (χ1n) is 6.31. The summed E-state index contributed by atoms with van der Waals surface area (Å²) in [5.74, 6) is -0.210. The summed E-state index contributed by atoms with van der Waals surface area (Å²) in [5.41, 5.74) is 5.93. The Morgan fingerprint density at radius 2 is 2.06 bits per heavy atom. The molecule has 1 saturated carbocycles. The molecule has 0 radical (unpaired) electrons. The largest absolute Gasteiger partial charge is 0.463 e. The summed E-state index contributed by atoms with van der Waals surface area (Å²) in [5, 5.41) is 0. The molecule has 2 rings (SSSR count). The molecule has 1 aliphatic heterocycles. The molecule has 0 spiro atoms. The minimum atomic E-state index is -0.122. The molecule has 92 valence electrons. The van der Waals surface area contributed by atoms with Gasteiger partial charge in [-0.05, 0) is 25.7 Å². The zero-order valence-electron chi connectivity index (χ0n) is 9.69. The van der Waals surface area contributed by atoms with Crippen LogP contribution in [0.3, 0.4) is 0 Å². The third-order valence-electron chi connectivity index (χ3n) is 3.56. The second kappa shape index (κ2) is 5.64. The van der Waals surface area contributed by atoms with Gasteiger partial charge in [-0.3, -0.25) is 4.79 Å². The standard InChI is InChI=1S/C12H21NO3/c13-11-6-2-1-5-10(11)12(14)16-8-9-4-3-7-15-9/h9-11H,1-8,13H2. The Bertz CT molecular complexity index is 238. The number of carbonyl (C=O) groups is 1. The van der Waals surface area contributed by atoms with Crippen LogP contribution in [-0.4, -0.2) is 31.3 Å². The lowest BCUT2D eigenvalue weighted by atomic mass is 9.85. The van der Waals surface area contributed by atoms with E-state index in [0.717, 1.165) is 45.1 Å². The first kappa shape index (κ1) is 11.9. The molecule has 2 aliphatic rings. The molecular weight excluding hydrogens is 206 g/mol. The maximum absolute atomic E-state index is 11.8. The van der Waals surface area contributed by atoms with Crippen molar-refractivity contribution in [1.82, 2.24) is 0 Å². The summed E-state index contributed by atoms with van der Waals surface area (Å²) in [6.45, 7) is 1.20. The molecule has 4 nitrogen and oxygen atoms in total. The third-order valence-corrected chi connectivity index (χ3v) is 3.56. The van der Waals surface area contributed by atoms with Gasteiger partial charge in [0.15, 0.2) is 0 Å². The van der Waals surface area contributed by atoms with Crippen molar-refractivity contribution >= 4 is 5.97 Å². The van der Waals surface area contributed by atoms with Gasteiger partial charge in [0.05, 0.1) is 12.0 Å². The molecule has 3 atom stereocenters. The Labute approximate surface area is 96.5 Å². The van der Waals surface area contributed by atoms with Crippen molar-refractivity contribution in [3.8, 4) is 0 Å². The number of hydrogen-bond donors (Lipinski definition) is 1. The SMILES string of the molecule is NC1CCCCC1C(=O)OCC1CCCO1. The molecule has 2 N–H and O–H groups in total. The average Bonchev–Trinajstić information content (AvgIpc) is 2.79. The predicted molar refractivity (Wildman–Crippen MR) is 59.9 cm³/mol. The average molecular weight is 227 g/mol. The molecule has 1 saturated heterocycles. The molecule has 0 aromatic carbocycles. The van der Waals surface area contributed by atoms with Crippen molar-refractivity contribution in [3.05, 3.63) is 0 Å². The van der Waals surface area contributed by atoms with Crippen molar-refractivity contribution in [2.24, 2.45) is 11.7 Å². The minimum Gasteiger partial charge on any atom is -0.463 e. The van der Waals surface area contributed by atoms with Gasteiger partial charge in [-0.15, -0.1) is 0 Å². The van der Waals surface area contributed by atoms with Crippen LogP contribution < -0.4 is 5.73 Å². The second-order valence-electron chi connectivity index (χ2n) is 4.82. The normalized spacial score (nSPS) is 34.9. The number of carbonyl (C=O) groups excluding carboxylic acids is 1. The van der Waals surface area contributed by atoms with Gasteiger partial charge in [0, 0.05) is 12.6 Å². The lowest BCUT2D eigenvalue weighted by Crippen LogP contribution is -2.39. The van der Waals surface area contributed by atoms with Crippen LogP contribution in [0.1, 0.15) is 38.5 Å². The molecular formula is C12H21NO3. The van der Waals surface area contributed by atoms with E-state index in [0.29, 0.717) is 6.61 Å². The number of esters is 1. The summed E-state index contributed by atoms with van der Waals surface area (Å²) in [7, 11) is 0. The van der Waals surface area contributed by atoms with Gasteiger partial charge in [0.2, 0.25) is 0 Å². The molecule has 0 amide bonds. The lowest BCUT2D eigenvalue weighted by Gasteiger charge is -2.27. The van der Waals surface area contributed by atoms with Gasteiger partial charge in [-0.1, -0.05) is 12.8 Å². The fraction of sp³-hybridized carbons (Fsp3) is 0.917. The van der Waals surface area contributed by atoms with Crippen LogP contribution in [0.25, 0.3) is 0 Å². The zero-order valence-corrected chi connectivity index (χ0v) is 9.69. The van der Waals surface area contributed by atoms with E-state index in [1.807, 2.05) is 0 Å². The van der Waals surface area contributed by atoms with E-state index < -0.39 is 0 Å². The van der Waals surface area contributed by atoms with Crippen LogP contribution in [-0.2, 0) is 14.3 Å². The Balaban J connectivity index is 1.73. The molecule has 1 heterocycles. The van der Waals surface area contributed by atoms with Gasteiger partial charge in [0.25, 0.3) is 0 Å². The van der Waals surface area contributed by atoms with E-state index >= 15 is 0 Å². The van der Waals surface area contributed by atoms with Crippen LogP contribution in [0, 0.1) is 5.92 Å². The van der Waals surface area contributed by atoms with Gasteiger partial charge >= 0.3 is 5.97 Å². The van der Waals surface area contributed by atoms with E-state index in [-0.39, 0.29) is 24.0 Å². The van der Waals surface area contributed by atoms with Gasteiger partial charge < -0.3 is 15.2 Å². The molecule has 0 aromatic rings. The van der Waals surface area contributed by atoms with Crippen molar-refractivity contribution in [1.29, 1.82) is 0 Å². The van der Waals surface area contributed by atoms with Crippen molar-refractivity contribution in [2.45, 2.75) is 50.7 Å². The molecule has 3 unspecified atom stereocenters. The fourth-order valence-electron chi connectivity index (χ4n) is 2.51. The monoisotopic (exact) mass is 227 g/mol. The topological polar surface area (TPSA) is 61.6 Å². The summed E-state index contributed by atoms with van der Waals surface area (Å²) in [4.78, 5) is 11.8. The molecule has 16 heavy (non-hydrogen) atoms. The Morgan fingerprint density at radius 3 is 2.75 bits per heavy atom. The van der Waals surface area contributed by atoms with E-state index in [4.69, 9.17) is 15.2 Å². The second-order valence-corrected chi connectivity index (χ2v) is 4.82. The quantitative estimate of drug-likeness (QED) is 0.736. The highest BCUT2D eigenvalue weighted by atomic mass is 16.6. The van der Waals surface area contributed by atoms with Gasteiger partial charge in [0.1, 0.15) is 6.61 Å². The Morgan fingerprint density at radius 1 is 1.25 bits per heavy atom. The number of hydrogen-bond acceptors (Lipinski definition) is 4. The summed E-state index contributed by atoms with van der Waals surface area (Å²) < 4.78 is 10.7. The molecule has 0 bridgehead atoms. The minimum absolute atomic E-state index is 0.00857. The zero-order chi connectivity index (χ0) is 11.4. The van der Waals surface area contributed by atoms with Crippen molar-refractivity contribution < 1.29 is 14.3 Å². The summed E-state index contributed by atoms with van der Waals surface area (Å²) >= 11 is 0. The van der Waals surface area contributed by atoms with E-state index in [2.05, 4.69) is 0 Å². The van der Waals surface area contributed by atoms with Gasteiger partial charge in [-0.25, -0.2) is 0 Å². The van der Waals surface area contributed by atoms with E-state index in [9.17, 15) is 4.79 Å². The number of ether oxygens (including phenoxy) is 2. The van der Waals surface area contributed by atoms with E-state index in [1.54, 1.807) is 0 Å².